The van der Waals surface area contributed by atoms with Crippen LogP contribution in [0.2, 0.25) is 5.02 Å². The molecule has 2 atom stereocenters. The molecule has 1 aliphatic heterocycles. The number of hydrogen-bond donors (Lipinski definition) is 1. The van der Waals surface area contributed by atoms with Crippen molar-refractivity contribution in [1.29, 1.82) is 0 Å². The molecule has 4 nitrogen and oxygen atoms in total. The number of nitrogens with zero attached hydrogens (tertiary/aromatic N) is 1. The van der Waals surface area contributed by atoms with E-state index in [-0.39, 0.29) is 23.8 Å². The summed E-state index contributed by atoms with van der Waals surface area (Å²) >= 11 is 6.26. The molecule has 1 aliphatic rings. The Hall–Kier alpha value is -2.85. The van der Waals surface area contributed by atoms with Crippen molar-refractivity contribution < 1.29 is 9.59 Å². The first-order valence-electron chi connectivity index (χ1n) is 10.4. The Kier molecular flexibility index (Phi) is 6.05. The van der Waals surface area contributed by atoms with Gasteiger partial charge in [-0.25, -0.2) is 0 Å². The van der Waals surface area contributed by atoms with E-state index >= 15 is 0 Å². The lowest BCUT2D eigenvalue weighted by Crippen LogP contribution is -2.45. The molecule has 0 radical (unpaired) electrons. The second kappa shape index (κ2) is 8.88. The number of fused-ring (bicyclic) bond motifs is 1. The van der Waals surface area contributed by atoms with E-state index in [0.29, 0.717) is 23.7 Å². The molecular formula is C25H25ClN2O2. The molecule has 0 aliphatic carbocycles. The van der Waals surface area contributed by atoms with Crippen molar-refractivity contribution in [2.24, 2.45) is 5.92 Å². The molecule has 0 bridgehead atoms. The lowest BCUT2D eigenvalue weighted by Gasteiger charge is -2.33. The molecular weight excluding hydrogens is 396 g/mol. The van der Waals surface area contributed by atoms with Crippen LogP contribution in [0.25, 0.3) is 10.8 Å². The Morgan fingerprint density at radius 1 is 1.03 bits per heavy atom. The summed E-state index contributed by atoms with van der Waals surface area (Å²) in [5, 5.41) is 5.71. The Bertz CT molecular complexity index is 1080. The zero-order chi connectivity index (χ0) is 21.1. The minimum atomic E-state index is -0.220. The summed E-state index contributed by atoms with van der Waals surface area (Å²) in [7, 11) is 0. The van der Waals surface area contributed by atoms with Gasteiger partial charge in [0.15, 0.2) is 0 Å². The fourth-order valence-electron chi connectivity index (χ4n) is 4.19. The van der Waals surface area contributed by atoms with E-state index in [1.54, 1.807) is 0 Å². The number of halogens is 1. The van der Waals surface area contributed by atoms with Gasteiger partial charge in [-0.3, -0.25) is 9.59 Å². The first kappa shape index (κ1) is 20.4. The van der Waals surface area contributed by atoms with Crippen LogP contribution in [0.3, 0.4) is 0 Å². The molecule has 3 aromatic rings. The average Bonchev–Trinajstić information content (AvgIpc) is 2.78. The maximum Gasteiger partial charge on any atom is 0.254 e. The maximum absolute atomic E-state index is 13.2. The van der Waals surface area contributed by atoms with E-state index < -0.39 is 0 Å². The fourth-order valence-corrected chi connectivity index (χ4v) is 4.49. The van der Waals surface area contributed by atoms with E-state index in [1.807, 2.05) is 78.6 Å². The molecule has 1 saturated heterocycles. The van der Waals surface area contributed by atoms with E-state index in [9.17, 15) is 9.59 Å². The minimum absolute atomic E-state index is 0.0107. The lowest BCUT2D eigenvalue weighted by molar-refractivity contribution is -0.127. The largest absolute Gasteiger partial charge is 0.349 e. The molecule has 0 aromatic heterocycles. The van der Waals surface area contributed by atoms with Gasteiger partial charge in [-0.05, 0) is 48.2 Å². The summed E-state index contributed by atoms with van der Waals surface area (Å²) in [6.45, 7) is 3.04. The van der Waals surface area contributed by atoms with Crippen LogP contribution < -0.4 is 5.32 Å². The quantitative estimate of drug-likeness (QED) is 0.628. The summed E-state index contributed by atoms with van der Waals surface area (Å²) in [6.07, 6.45) is 1.59. The van der Waals surface area contributed by atoms with Crippen molar-refractivity contribution in [3.63, 3.8) is 0 Å². The van der Waals surface area contributed by atoms with Crippen LogP contribution in [0.4, 0.5) is 0 Å². The van der Waals surface area contributed by atoms with Crippen molar-refractivity contribution in [1.82, 2.24) is 10.2 Å². The Morgan fingerprint density at radius 2 is 1.77 bits per heavy atom. The second-order valence-electron chi connectivity index (χ2n) is 7.87. The van der Waals surface area contributed by atoms with Crippen LogP contribution in [0.1, 0.15) is 41.7 Å². The molecule has 0 spiro atoms. The first-order chi connectivity index (χ1) is 14.5. The summed E-state index contributed by atoms with van der Waals surface area (Å²) in [5.41, 5.74) is 1.59. The SMILES string of the molecule is CC(NC(=O)C1CCCN(C(=O)c2cccc3ccccc23)C1)c1ccccc1Cl. The molecule has 0 saturated carbocycles. The van der Waals surface area contributed by atoms with Crippen LogP contribution in [0, 0.1) is 5.92 Å². The standard InChI is InChI=1S/C25H25ClN2O2/c1-17(20-11-4-5-14-23(20)26)27-24(29)19-10-7-15-28(16-19)25(30)22-13-6-9-18-8-2-3-12-21(18)22/h2-6,8-9,11-14,17,19H,7,10,15-16H2,1H3,(H,27,29). The van der Waals surface area contributed by atoms with Gasteiger partial charge in [0, 0.05) is 23.7 Å². The third-order valence-corrected chi connectivity index (χ3v) is 6.17. The van der Waals surface area contributed by atoms with E-state index in [2.05, 4.69) is 5.32 Å². The van der Waals surface area contributed by atoms with Crippen LogP contribution in [0.5, 0.6) is 0 Å². The number of carbonyl (C=O) groups excluding carboxylic acids is 2. The zero-order valence-electron chi connectivity index (χ0n) is 17.0. The van der Waals surface area contributed by atoms with Gasteiger partial charge in [0.05, 0.1) is 12.0 Å². The number of hydrogen-bond acceptors (Lipinski definition) is 2. The van der Waals surface area contributed by atoms with Crippen LogP contribution in [-0.2, 0) is 4.79 Å². The van der Waals surface area contributed by atoms with E-state index in [4.69, 9.17) is 11.6 Å². The number of carbonyl (C=O) groups is 2. The van der Waals surface area contributed by atoms with Gasteiger partial charge in [-0.1, -0.05) is 66.2 Å². The topological polar surface area (TPSA) is 49.4 Å². The number of likely N-dealkylation sites (tertiary alicyclic amines) is 1. The molecule has 154 valence electrons. The van der Waals surface area contributed by atoms with Crippen LogP contribution >= 0.6 is 11.6 Å². The van der Waals surface area contributed by atoms with Gasteiger partial charge in [-0.2, -0.15) is 0 Å². The fraction of sp³-hybridized carbons (Fsp3) is 0.280. The Balaban J connectivity index is 1.47. The van der Waals surface area contributed by atoms with Gasteiger partial charge in [0.1, 0.15) is 0 Å². The average molecular weight is 421 g/mol. The summed E-state index contributed by atoms with van der Waals surface area (Å²) in [6, 6.07) is 21.0. The van der Waals surface area contributed by atoms with Crippen molar-refractivity contribution >= 4 is 34.2 Å². The molecule has 2 unspecified atom stereocenters. The van der Waals surface area contributed by atoms with Crippen molar-refractivity contribution in [2.45, 2.75) is 25.8 Å². The summed E-state index contributed by atoms with van der Waals surface area (Å²) in [4.78, 5) is 28.0. The second-order valence-corrected chi connectivity index (χ2v) is 8.28. The molecule has 1 heterocycles. The van der Waals surface area contributed by atoms with Gasteiger partial charge >= 0.3 is 0 Å². The summed E-state index contributed by atoms with van der Waals surface area (Å²) < 4.78 is 0. The van der Waals surface area contributed by atoms with Crippen molar-refractivity contribution in [2.75, 3.05) is 13.1 Å². The lowest BCUT2D eigenvalue weighted by atomic mass is 9.95. The summed E-state index contributed by atoms with van der Waals surface area (Å²) in [5.74, 6) is -0.260. The highest BCUT2D eigenvalue weighted by Crippen LogP contribution is 2.26. The highest BCUT2D eigenvalue weighted by Gasteiger charge is 2.30. The number of amides is 2. The van der Waals surface area contributed by atoms with E-state index in [1.165, 1.54) is 0 Å². The number of piperidine rings is 1. The third kappa shape index (κ3) is 4.19. The van der Waals surface area contributed by atoms with Gasteiger partial charge in [0.2, 0.25) is 5.91 Å². The van der Waals surface area contributed by atoms with Crippen molar-refractivity contribution in [3.8, 4) is 0 Å². The van der Waals surface area contributed by atoms with E-state index in [0.717, 1.165) is 29.2 Å². The molecule has 1 fully saturated rings. The van der Waals surface area contributed by atoms with Gasteiger partial charge < -0.3 is 10.2 Å². The maximum atomic E-state index is 13.2. The number of benzene rings is 3. The molecule has 3 aromatic carbocycles. The van der Waals surface area contributed by atoms with Gasteiger partial charge in [-0.15, -0.1) is 0 Å². The molecule has 5 heteroatoms. The Labute approximate surface area is 181 Å². The molecule has 4 rings (SSSR count). The number of nitrogens with one attached hydrogen (secondary N) is 1. The predicted octanol–water partition coefficient (Wildman–Crippen LogP) is 5.22. The van der Waals surface area contributed by atoms with Gasteiger partial charge in [0.25, 0.3) is 5.91 Å². The Morgan fingerprint density at radius 3 is 2.60 bits per heavy atom. The zero-order valence-corrected chi connectivity index (χ0v) is 17.7. The highest BCUT2D eigenvalue weighted by atomic mass is 35.5. The number of rotatable bonds is 4. The van der Waals surface area contributed by atoms with Crippen LogP contribution in [0.15, 0.2) is 66.7 Å². The normalized spacial score (nSPS) is 17.5. The molecule has 1 N–H and O–H groups in total. The predicted molar refractivity (Wildman–Crippen MR) is 121 cm³/mol. The third-order valence-electron chi connectivity index (χ3n) is 5.83. The highest BCUT2D eigenvalue weighted by molar-refractivity contribution is 6.31. The minimum Gasteiger partial charge on any atom is -0.349 e. The first-order valence-corrected chi connectivity index (χ1v) is 10.7. The molecule has 2 amide bonds. The van der Waals surface area contributed by atoms with Crippen LogP contribution in [-0.4, -0.2) is 29.8 Å². The van der Waals surface area contributed by atoms with Crippen molar-refractivity contribution in [3.05, 3.63) is 82.9 Å². The molecule has 30 heavy (non-hydrogen) atoms. The smallest absolute Gasteiger partial charge is 0.254 e. The monoisotopic (exact) mass is 420 g/mol.